The highest BCUT2D eigenvalue weighted by Gasteiger charge is 2.20. The van der Waals surface area contributed by atoms with Gasteiger partial charge in [-0.05, 0) is 31.5 Å². The molecule has 0 amide bonds. The van der Waals surface area contributed by atoms with Crippen molar-refractivity contribution < 1.29 is 14.2 Å². The summed E-state index contributed by atoms with van der Waals surface area (Å²) in [5.41, 5.74) is 0.166. The largest absolute Gasteiger partial charge is 0.482 e. The molecule has 0 aliphatic carbocycles. The molecule has 2 rings (SSSR count). The normalized spacial score (nSPS) is 17.2. The van der Waals surface area contributed by atoms with Gasteiger partial charge < -0.3 is 15.2 Å². The predicted molar refractivity (Wildman–Crippen MR) is 76.3 cm³/mol. The first-order valence-corrected chi connectivity index (χ1v) is 7.01. The average Bonchev–Trinajstić information content (AvgIpc) is 2.43. The Balaban J connectivity index is 2.01. The van der Waals surface area contributed by atoms with Crippen LogP contribution in [0, 0.1) is 5.82 Å². The molecule has 0 aromatic heterocycles. The van der Waals surface area contributed by atoms with Crippen molar-refractivity contribution in [1.82, 2.24) is 10.2 Å². The van der Waals surface area contributed by atoms with Crippen LogP contribution < -0.4 is 10.1 Å². The Hall–Kier alpha value is -1.17. The molecule has 1 aromatic rings. The second-order valence-corrected chi connectivity index (χ2v) is 5.81. The van der Waals surface area contributed by atoms with E-state index in [9.17, 15) is 4.39 Å². The number of hydrogen-bond acceptors (Lipinski definition) is 4. The molecular weight excluding hydrogens is 259 g/mol. The molecule has 0 radical (unpaired) electrons. The molecule has 0 atom stereocenters. The minimum Gasteiger partial charge on any atom is -0.482 e. The van der Waals surface area contributed by atoms with Crippen molar-refractivity contribution in [3.8, 4) is 5.75 Å². The Labute approximate surface area is 119 Å². The SMILES string of the molecule is CC(C)(CO)Oc1ccc(CN2CCNCC2)cc1F. The minimum absolute atomic E-state index is 0.158. The fraction of sp³-hybridized carbons (Fsp3) is 0.600. The standard InChI is InChI=1S/C15H23FN2O2/c1-15(2,11-19)20-14-4-3-12(9-13(14)16)10-18-7-5-17-6-8-18/h3-4,9,17,19H,5-8,10-11H2,1-2H3. The molecule has 0 bridgehead atoms. The van der Waals surface area contributed by atoms with E-state index in [1.54, 1.807) is 19.9 Å². The van der Waals surface area contributed by atoms with Gasteiger partial charge in [-0.2, -0.15) is 0 Å². The molecule has 112 valence electrons. The van der Waals surface area contributed by atoms with Gasteiger partial charge in [0, 0.05) is 32.7 Å². The van der Waals surface area contributed by atoms with Crippen molar-refractivity contribution in [2.45, 2.75) is 26.0 Å². The molecule has 5 heteroatoms. The van der Waals surface area contributed by atoms with E-state index in [4.69, 9.17) is 9.84 Å². The van der Waals surface area contributed by atoms with Gasteiger partial charge in [0.15, 0.2) is 11.6 Å². The Bertz CT molecular complexity index is 445. The smallest absolute Gasteiger partial charge is 0.165 e. The molecule has 0 saturated carbocycles. The Morgan fingerprint density at radius 3 is 2.65 bits per heavy atom. The first-order chi connectivity index (χ1) is 9.50. The maximum absolute atomic E-state index is 14.0. The Kier molecular flexibility index (Phi) is 4.96. The number of nitrogens with zero attached hydrogens (tertiary/aromatic N) is 1. The number of piperazine rings is 1. The van der Waals surface area contributed by atoms with E-state index in [1.165, 1.54) is 6.07 Å². The number of ether oxygens (including phenoxy) is 1. The van der Waals surface area contributed by atoms with E-state index >= 15 is 0 Å². The monoisotopic (exact) mass is 282 g/mol. The molecule has 1 saturated heterocycles. The maximum Gasteiger partial charge on any atom is 0.165 e. The van der Waals surface area contributed by atoms with Gasteiger partial charge in [-0.3, -0.25) is 4.90 Å². The van der Waals surface area contributed by atoms with Gasteiger partial charge >= 0.3 is 0 Å². The second-order valence-electron chi connectivity index (χ2n) is 5.81. The van der Waals surface area contributed by atoms with Crippen LogP contribution in [-0.4, -0.2) is 48.4 Å². The number of aliphatic hydroxyl groups excluding tert-OH is 1. The van der Waals surface area contributed by atoms with Crippen LogP contribution in [0.4, 0.5) is 4.39 Å². The van der Waals surface area contributed by atoms with E-state index < -0.39 is 5.60 Å². The van der Waals surface area contributed by atoms with Crippen LogP contribution in [0.25, 0.3) is 0 Å². The van der Waals surface area contributed by atoms with E-state index in [0.29, 0.717) is 0 Å². The van der Waals surface area contributed by atoms with Crippen molar-refractivity contribution in [3.05, 3.63) is 29.6 Å². The third kappa shape index (κ3) is 4.16. The molecule has 0 spiro atoms. The zero-order chi connectivity index (χ0) is 14.6. The summed E-state index contributed by atoms with van der Waals surface area (Å²) >= 11 is 0. The fourth-order valence-corrected chi connectivity index (χ4v) is 2.18. The lowest BCUT2D eigenvalue weighted by Crippen LogP contribution is -2.42. The van der Waals surface area contributed by atoms with Crippen molar-refractivity contribution in [2.75, 3.05) is 32.8 Å². The van der Waals surface area contributed by atoms with Crippen LogP contribution >= 0.6 is 0 Å². The van der Waals surface area contributed by atoms with Crippen LogP contribution in [0.15, 0.2) is 18.2 Å². The summed E-state index contributed by atoms with van der Waals surface area (Å²) < 4.78 is 19.5. The zero-order valence-electron chi connectivity index (χ0n) is 12.2. The summed E-state index contributed by atoms with van der Waals surface area (Å²) in [7, 11) is 0. The second kappa shape index (κ2) is 6.52. The summed E-state index contributed by atoms with van der Waals surface area (Å²) in [6.07, 6.45) is 0. The number of hydrogen-bond donors (Lipinski definition) is 2. The number of nitrogens with one attached hydrogen (secondary N) is 1. The van der Waals surface area contributed by atoms with E-state index in [-0.39, 0.29) is 18.2 Å². The molecule has 1 aliphatic heterocycles. The molecule has 20 heavy (non-hydrogen) atoms. The lowest BCUT2D eigenvalue weighted by atomic mass is 10.1. The quantitative estimate of drug-likeness (QED) is 0.856. The minimum atomic E-state index is -0.777. The molecule has 2 N–H and O–H groups in total. The van der Waals surface area contributed by atoms with E-state index in [2.05, 4.69) is 10.2 Å². The van der Waals surface area contributed by atoms with Gasteiger partial charge in [0.2, 0.25) is 0 Å². The van der Waals surface area contributed by atoms with E-state index in [1.807, 2.05) is 6.07 Å². The molecule has 1 aliphatic rings. The molecule has 1 fully saturated rings. The number of halogens is 1. The number of rotatable bonds is 5. The first-order valence-electron chi connectivity index (χ1n) is 7.01. The summed E-state index contributed by atoms with van der Waals surface area (Å²) in [5, 5.41) is 12.5. The number of aliphatic hydroxyl groups is 1. The molecule has 0 unspecified atom stereocenters. The highest BCUT2D eigenvalue weighted by Crippen LogP contribution is 2.23. The maximum atomic E-state index is 14.0. The third-order valence-electron chi connectivity index (χ3n) is 3.38. The van der Waals surface area contributed by atoms with Crippen molar-refractivity contribution in [1.29, 1.82) is 0 Å². The van der Waals surface area contributed by atoms with Crippen molar-refractivity contribution in [3.63, 3.8) is 0 Å². The highest BCUT2D eigenvalue weighted by atomic mass is 19.1. The first kappa shape index (κ1) is 15.2. The summed E-state index contributed by atoms with van der Waals surface area (Å²) in [6, 6.07) is 5.04. The molecule has 4 nitrogen and oxygen atoms in total. The topological polar surface area (TPSA) is 44.7 Å². The zero-order valence-corrected chi connectivity index (χ0v) is 12.2. The van der Waals surface area contributed by atoms with Crippen LogP contribution in [0.5, 0.6) is 5.75 Å². The summed E-state index contributed by atoms with van der Waals surface area (Å²) in [5.74, 6) is -0.188. The lowest BCUT2D eigenvalue weighted by Gasteiger charge is -2.27. The lowest BCUT2D eigenvalue weighted by molar-refractivity contribution is 0.0379. The van der Waals surface area contributed by atoms with Gasteiger partial charge in [-0.15, -0.1) is 0 Å². The van der Waals surface area contributed by atoms with Gasteiger partial charge in [-0.25, -0.2) is 4.39 Å². The van der Waals surface area contributed by atoms with Crippen molar-refractivity contribution >= 4 is 0 Å². The van der Waals surface area contributed by atoms with Crippen LogP contribution in [-0.2, 0) is 6.54 Å². The van der Waals surface area contributed by atoms with Gasteiger partial charge in [-0.1, -0.05) is 6.07 Å². The molecule has 1 heterocycles. The Morgan fingerprint density at radius 2 is 2.05 bits per heavy atom. The average molecular weight is 282 g/mol. The van der Waals surface area contributed by atoms with Crippen LogP contribution in [0.3, 0.4) is 0 Å². The molecular formula is C15H23FN2O2. The molecule has 1 aromatic carbocycles. The Morgan fingerprint density at radius 1 is 1.35 bits per heavy atom. The predicted octanol–water partition coefficient (Wildman–Crippen LogP) is 1.38. The van der Waals surface area contributed by atoms with Crippen molar-refractivity contribution in [2.24, 2.45) is 0 Å². The van der Waals surface area contributed by atoms with Gasteiger partial charge in [0.05, 0.1) is 6.61 Å². The van der Waals surface area contributed by atoms with E-state index in [0.717, 1.165) is 38.3 Å². The summed E-state index contributed by atoms with van der Waals surface area (Å²) in [4.78, 5) is 2.30. The third-order valence-corrected chi connectivity index (χ3v) is 3.38. The van der Waals surface area contributed by atoms with Crippen LogP contribution in [0.1, 0.15) is 19.4 Å². The van der Waals surface area contributed by atoms with Crippen LogP contribution in [0.2, 0.25) is 0 Å². The van der Waals surface area contributed by atoms with Gasteiger partial charge in [0.25, 0.3) is 0 Å². The highest BCUT2D eigenvalue weighted by molar-refractivity contribution is 5.30. The summed E-state index contributed by atoms with van der Waals surface area (Å²) in [6.45, 7) is 7.97. The number of benzene rings is 1. The fourth-order valence-electron chi connectivity index (χ4n) is 2.18. The van der Waals surface area contributed by atoms with Gasteiger partial charge in [0.1, 0.15) is 5.60 Å².